The van der Waals surface area contributed by atoms with E-state index in [2.05, 4.69) is 66.1 Å². The van der Waals surface area contributed by atoms with Crippen LogP contribution in [0.5, 0.6) is 11.5 Å². The largest absolute Gasteiger partial charge is 0.497 e. The molecule has 3 aromatic rings. The molecule has 0 spiro atoms. The minimum atomic E-state index is 0.117. The average Bonchev–Trinajstić information content (AvgIpc) is 2.79. The number of methoxy groups -OCH3 is 2. The van der Waals surface area contributed by atoms with E-state index in [0.717, 1.165) is 23.6 Å². The van der Waals surface area contributed by atoms with Gasteiger partial charge in [0.1, 0.15) is 11.5 Å². The zero-order valence-electron chi connectivity index (χ0n) is 16.8. The Morgan fingerprint density at radius 2 is 1.59 bits per heavy atom. The molecule has 146 valence electrons. The van der Waals surface area contributed by atoms with Gasteiger partial charge in [-0.3, -0.25) is 0 Å². The zero-order valence-corrected chi connectivity index (χ0v) is 16.8. The van der Waals surface area contributed by atoms with Gasteiger partial charge in [-0.2, -0.15) is 0 Å². The Morgan fingerprint density at radius 1 is 0.897 bits per heavy atom. The minimum absolute atomic E-state index is 0.117. The lowest BCUT2D eigenvalue weighted by molar-refractivity contribution is 0.413. The molecule has 0 aromatic heterocycles. The Morgan fingerprint density at radius 3 is 2.24 bits per heavy atom. The zero-order chi connectivity index (χ0) is 20.2. The molecule has 0 N–H and O–H groups in total. The van der Waals surface area contributed by atoms with E-state index in [0.29, 0.717) is 0 Å². The maximum atomic E-state index is 5.51. The molecule has 1 heterocycles. The van der Waals surface area contributed by atoms with E-state index in [4.69, 9.17) is 9.47 Å². The van der Waals surface area contributed by atoms with Crippen LogP contribution in [0.4, 0.5) is 5.69 Å². The van der Waals surface area contributed by atoms with Crippen LogP contribution in [0.2, 0.25) is 0 Å². The molecule has 0 saturated carbocycles. The van der Waals surface area contributed by atoms with Crippen LogP contribution in [0.25, 0.3) is 11.8 Å². The predicted octanol–water partition coefficient (Wildman–Crippen LogP) is 6.34. The number of fused-ring (bicyclic) bond motifs is 1. The summed E-state index contributed by atoms with van der Waals surface area (Å²) >= 11 is 0. The highest BCUT2D eigenvalue weighted by Gasteiger charge is 2.30. The number of rotatable bonds is 6. The quantitative estimate of drug-likeness (QED) is 0.464. The topological polar surface area (TPSA) is 21.7 Å². The van der Waals surface area contributed by atoms with Gasteiger partial charge in [-0.25, -0.2) is 0 Å². The molecular formula is C26H25NO2. The molecule has 0 bridgehead atoms. The van der Waals surface area contributed by atoms with Crippen molar-refractivity contribution in [2.45, 2.75) is 12.5 Å². The Balaban J connectivity index is 1.92. The maximum Gasteiger partial charge on any atom is 0.119 e. The molecule has 0 amide bonds. The number of ether oxygens (including phenoxy) is 2. The Hall–Kier alpha value is -3.46. The second kappa shape index (κ2) is 8.27. The van der Waals surface area contributed by atoms with Gasteiger partial charge in [0, 0.05) is 11.4 Å². The van der Waals surface area contributed by atoms with Crippen molar-refractivity contribution in [2.24, 2.45) is 0 Å². The van der Waals surface area contributed by atoms with Crippen LogP contribution >= 0.6 is 0 Å². The molecule has 1 unspecified atom stereocenters. The molecule has 4 rings (SSSR count). The van der Waals surface area contributed by atoms with E-state index in [9.17, 15) is 0 Å². The summed E-state index contributed by atoms with van der Waals surface area (Å²) in [5.41, 5.74) is 5.90. The molecular weight excluding hydrogens is 358 g/mol. The highest BCUT2D eigenvalue weighted by Crippen LogP contribution is 2.44. The van der Waals surface area contributed by atoms with Gasteiger partial charge in [0.25, 0.3) is 0 Å². The summed E-state index contributed by atoms with van der Waals surface area (Å²) in [6.07, 6.45) is 5.06. The lowest BCUT2D eigenvalue weighted by atomic mass is 9.89. The molecule has 0 saturated heterocycles. The van der Waals surface area contributed by atoms with Gasteiger partial charge in [-0.1, -0.05) is 42.5 Å². The Kier molecular flexibility index (Phi) is 5.39. The molecule has 0 fully saturated rings. The molecule has 0 radical (unpaired) electrons. The number of hydrogen-bond donors (Lipinski definition) is 0. The first-order valence-electron chi connectivity index (χ1n) is 9.74. The third-order valence-electron chi connectivity index (χ3n) is 5.33. The van der Waals surface area contributed by atoms with Crippen molar-refractivity contribution in [1.82, 2.24) is 0 Å². The van der Waals surface area contributed by atoms with Crippen LogP contribution in [0.15, 0.2) is 85.5 Å². The van der Waals surface area contributed by atoms with Gasteiger partial charge < -0.3 is 14.4 Å². The fourth-order valence-corrected chi connectivity index (χ4v) is 3.91. The van der Waals surface area contributed by atoms with E-state index in [1.54, 1.807) is 14.2 Å². The van der Waals surface area contributed by atoms with Crippen LogP contribution in [0.3, 0.4) is 0 Å². The normalized spacial score (nSPS) is 15.3. The van der Waals surface area contributed by atoms with E-state index in [-0.39, 0.29) is 6.04 Å². The second-order valence-corrected chi connectivity index (χ2v) is 7.00. The van der Waals surface area contributed by atoms with Gasteiger partial charge >= 0.3 is 0 Å². The Labute approximate surface area is 172 Å². The van der Waals surface area contributed by atoms with Gasteiger partial charge in [0.05, 0.1) is 20.3 Å². The first kappa shape index (κ1) is 18.9. The van der Waals surface area contributed by atoms with Gasteiger partial charge in [-0.05, 0) is 65.6 Å². The first-order chi connectivity index (χ1) is 14.2. The summed E-state index contributed by atoms with van der Waals surface area (Å²) in [6.45, 7) is 4.03. The van der Waals surface area contributed by atoms with Crippen LogP contribution < -0.4 is 14.4 Å². The summed E-state index contributed by atoms with van der Waals surface area (Å²) in [5.74, 6) is 1.71. The van der Waals surface area contributed by atoms with Crippen molar-refractivity contribution in [3.05, 3.63) is 102 Å². The SMILES string of the molecule is C=CCC1c2cc(OC)ccc2C=C(c2ccccc2)N1c1ccc(OC)cc1. The number of benzene rings is 3. The fraction of sp³-hybridized carbons (Fsp3) is 0.154. The fourth-order valence-electron chi connectivity index (χ4n) is 3.91. The van der Waals surface area contributed by atoms with Crippen LogP contribution in [0.1, 0.15) is 29.2 Å². The van der Waals surface area contributed by atoms with Crippen LogP contribution in [-0.2, 0) is 0 Å². The molecule has 3 aromatic carbocycles. The highest BCUT2D eigenvalue weighted by molar-refractivity contribution is 5.94. The van der Waals surface area contributed by atoms with E-state index in [1.807, 2.05) is 30.3 Å². The van der Waals surface area contributed by atoms with E-state index in [1.165, 1.54) is 22.4 Å². The summed E-state index contributed by atoms with van der Waals surface area (Å²) in [4.78, 5) is 2.39. The number of hydrogen-bond acceptors (Lipinski definition) is 3. The first-order valence-corrected chi connectivity index (χ1v) is 9.74. The monoisotopic (exact) mass is 383 g/mol. The van der Waals surface area contributed by atoms with Crippen molar-refractivity contribution in [3.8, 4) is 11.5 Å². The third-order valence-corrected chi connectivity index (χ3v) is 5.33. The molecule has 3 nitrogen and oxygen atoms in total. The van der Waals surface area contributed by atoms with E-state index >= 15 is 0 Å². The van der Waals surface area contributed by atoms with Gasteiger partial charge in [0.2, 0.25) is 0 Å². The standard InChI is InChI=1S/C26H25NO2/c1-4-8-25-24-18-23(29-3)14-11-20(24)17-26(19-9-6-5-7-10-19)27(25)21-12-15-22(28-2)16-13-21/h4-7,9-18,25H,1,8H2,2-3H3. The number of nitrogens with zero attached hydrogens (tertiary/aromatic N) is 1. The molecule has 3 heteroatoms. The molecule has 1 aliphatic rings. The lowest BCUT2D eigenvalue weighted by Crippen LogP contribution is -2.30. The minimum Gasteiger partial charge on any atom is -0.497 e. The third kappa shape index (κ3) is 3.64. The van der Waals surface area contributed by atoms with Gasteiger partial charge in [0.15, 0.2) is 0 Å². The summed E-state index contributed by atoms with van der Waals surface area (Å²) in [6, 6.07) is 25.1. The summed E-state index contributed by atoms with van der Waals surface area (Å²) in [7, 11) is 3.40. The smallest absolute Gasteiger partial charge is 0.119 e. The highest BCUT2D eigenvalue weighted by atomic mass is 16.5. The van der Waals surface area contributed by atoms with Crippen molar-refractivity contribution in [1.29, 1.82) is 0 Å². The Bertz CT molecular complexity index is 1020. The van der Waals surface area contributed by atoms with Crippen molar-refractivity contribution in [3.63, 3.8) is 0 Å². The summed E-state index contributed by atoms with van der Waals surface area (Å²) in [5, 5.41) is 0. The van der Waals surface area contributed by atoms with Crippen LogP contribution in [-0.4, -0.2) is 14.2 Å². The maximum absolute atomic E-state index is 5.51. The molecule has 1 aliphatic heterocycles. The van der Waals surface area contributed by atoms with Crippen molar-refractivity contribution in [2.75, 3.05) is 19.1 Å². The van der Waals surface area contributed by atoms with Crippen molar-refractivity contribution < 1.29 is 9.47 Å². The molecule has 1 atom stereocenters. The predicted molar refractivity (Wildman–Crippen MR) is 120 cm³/mol. The van der Waals surface area contributed by atoms with Crippen molar-refractivity contribution >= 4 is 17.5 Å². The molecule has 0 aliphatic carbocycles. The lowest BCUT2D eigenvalue weighted by Gasteiger charge is -2.39. The van der Waals surface area contributed by atoms with Crippen LogP contribution in [0, 0.1) is 0 Å². The molecule has 29 heavy (non-hydrogen) atoms. The average molecular weight is 383 g/mol. The van der Waals surface area contributed by atoms with E-state index < -0.39 is 0 Å². The van der Waals surface area contributed by atoms with Gasteiger partial charge in [-0.15, -0.1) is 6.58 Å². The number of anilines is 1. The second-order valence-electron chi connectivity index (χ2n) is 7.00. The summed E-state index contributed by atoms with van der Waals surface area (Å²) < 4.78 is 10.9.